The molecule has 0 saturated carbocycles. The number of hydrogen-bond acceptors (Lipinski definition) is 4. The molecule has 20 heavy (non-hydrogen) atoms. The summed E-state index contributed by atoms with van der Waals surface area (Å²) in [5.41, 5.74) is 3.99. The Labute approximate surface area is 122 Å². The molecular formula is C16H8N2S2. The van der Waals surface area contributed by atoms with E-state index in [-0.39, 0.29) is 0 Å². The molecule has 2 nitrogen and oxygen atoms in total. The molecule has 0 radical (unpaired) electrons. The van der Waals surface area contributed by atoms with Gasteiger partial charge in [0.25, 0.3) is 0 Å². The van der Waals surface area contributed by atoms with E-state index in [2.05, 4.69) is 22.9 Å². The van der Waals surface area contributed by atoms with Gasteiger partial charge >= 0.3 is 0 Å². The van der Waals surface area contributed by atoms with E-state index in [0.717, 1.165) is 22.1 Å². The minimum atomic E-state index is 0.964. The summed E-state index contributed by atoms with van der Waals surface area (Å²) in [5.74, 6) is 0. The van der Waals surface area contributed by atoms with Crippen molar-refractivity contribution in [3.05, 3.63) is 47.2 Å². The maximum Gasteiger partial charge on any atom is 0.109 e. The van der Waals surface area contributed by atoms with Crippen LogP contribution in [0.2, 0.25) is 0 Å². The number of nitrogens with zero attached hydrogens (tertiary/aromatic N) is 2. The third-order valence-corrected chi connectivity index (χ3v) is 5.46. The minimum absolute atomic E-state index is 0.964. The molecule has 0 fully saturated rings. The Morgan fingerprint density at radius 3 is 1.65 bits per heavy atom. The summed E-state index contributed by atoms with van der Waals surface area (Å²) in [6, 6.07) is 12.5. The van der Waals surface area contributed by atoms with Gasteiger partial charge in [-0.15, -0.1) is 22.7 Å². The van der Waals surface area contributed by atoms with E-state index in [4.69, 9.17) is 9.97 Å². The van der Waals surface area contributed by atoms with Gasteiger partial charge in [-0.05, 0) is 35.0 Å². The molecule has 4 heteroatoms. The van der Waals surface area contributed by atoms with E-state index < -0.39 is 0 Å². The largest absolute Gasteiger partial charge is 0.243 e. The molecule has 0 aliphatic heterocycles. The Morgan fingerprint density at radius 1 is 0.650 bits per heavy atom. The lowest BCUT2D eigenvalue weighted by Gasteiger charge is -2.04. The van der Waals surface area contributed by atoms with E-state index >= 15 is 0 Å². The van der Waals surface area contributed by atoms with Gasteiger partial charge in [-0.2, -0.15) is 0 Å². The fourth-order valence-corrected chi connectivity index (χ4v) is 4.52. The standard InChI is InChI=1S/C16H8N2S2/c1-2-4-12-11(3-1)17-13-14(18-12)16-10(6-8-20-16)9-5-7-19-15(9)13/h1-8H. The van der Waals surface area contributed by atoms with E-state index in [0.29, 0.717) is 0 Å². The lowest BCUT2D eigenvalue weighted by molar-refractivity contribution is 1.42. The van der Waals surface area contributed by atoms with Crippen LogP contribution in [0.4, 0.5) is 0 Å². The molecule has 3 heterocycles. The molecule has 5 rings (SSSR count). The van der Waals surface area contributed by atoms with Crippen molar-refractivity contribution in [2.45, 2.75) is 0 Å². The van der Waals surface area contributed by atoms with Crippen molar-refractivity contribution in [3.63, 3.8) is 0 Å². The summed E-state index contributed by atoms with van der Waals surface area (Å²) in [6.07, 6.45) is 0. The number of fused-ring (bicyclic) bond motifs is 7. The van der Waals surface area contributed by atoms with Gasteiger partial charge in [0.05, 0.1) is 20.4 Å². The number of aromatic nitrogens is 2. The van der Waals surface area contributed by atoms with Gasteiger partial charge in [0.2, 0.25) is 0 Å². The molecule has 0 spiro atoms. The molecule has 94 valence electrons. The molecule has 2 aromatic carbocycles. The first-order chi connectivity index (χ1) is 9.92. The van der Waals surface area contributed by atoms with Crippen molar-refractivity contribution in [2.24, 2.45) is 0 Å². The lowest BCUT2D eigenvalue weighted by Crippen LogP contribution is -1.87. The van der Waals surface area contributed by atoms with E-state index in [1.165, 1.54) is 20.2 Å². The van der Waals surface area contributed by atoms with Gasteiger partial charge in [0.1, 0.15) is 11.0 Å². The van der Waals surface area contributed by atoms with E-state index in [9.17, 15) is 0 Å². The molecule has 0 unspecified atom stereocenters. The first-order valence-corrected chi connectivity index (χ1v) is 8.10. The molecule has 0 amide bonds. The summed E-state index contributed by atoms with van der Waals surface area (Å²) in [6.45, 7) is 0. The zero-order valence-corrected chi connectivity index (χ0v) is 12.0. The van der Waals surface area contributed by atoms with Crippen LogP contribution in [0.5, 0.6) is 0 Å². The van der Waals surface area contributed by atoms with Crippen LogP contribution in [-0.2, 0) is 0 Å². The summed E-state index contributed by atoms with van der Waals surface area (Å²) < 4.78 is 2.48. The van der Waals surface area contributed by atoms with Crippen molar-refractivity contribution in [2.75, 3.05) is 0 Å². The van der Waals surface area contributed by atoms with Gasteiger partial charge in [-0.25, -0.2) is 9.97 Å². The first-order valence-electron chi connectivity index (χ1n) is 6.35. The van der Waals surface area contributed by atoms with Gasteiger partial charge < -0.3 is 0 Å². The van der Waals surface area contributed by atoms with Crippen molar-refractivity contribution in [1.29, 1.82) is 0 Å². The first kappa shape index (κ1) is 10.7. The number of benzene rings is 2. The molecule has 0 aliphatic rings. The van der Waals surface area contributed by atoms with Crippen LogP contribution in [0.3, 0.4) is 0 Å². The summed E-state index contributed by atoms with van der Waals surface area (Å²) in [7, 11) is 0. The van der Waals surface area contributed by atoms with Crippen LogP contribution in [-0.4, -0.2) is 9.97 Å². The molecule has 3 aromatic heterocycles. The Hall–Kier alpha value is -2.04. The van der Waals surface area contributed by atoms with E-state index in [1.54, 1.807) is 22.7 Å². The number of hydrogen-bond donors (Lipinski definition) is 0. The van der Waals surface area contributed by atoms with Gasteiger partial charge in [-0.1, -0.05) is 12.1 Å². The topological polar surface area (TPSA) is 25.8 Å². The monoisotopic (exact) mass is 292 g/mol. The maximum atomic E-state index is 4.86. The highest BCUT2D eigenvalue weighted by molar-refractivity contribution is 7.20. The summed E-state index contributed by atoms with van der Waals surface area (Å²) in [5, 5.41) is 6.86. The normalized spacial score (nSPS) is 12.0. The van der Waals surface area contributed by atoms with Crippen molar-refractivity contribution >= 4 is 64.9 Å². The molecule has 0 bridgehead atoms. The zero-order chi connectivity index (χ0) is 13.1. The minimum Gasteiger partial charge on any atom is -0.243 e. The smallest absolute Gasteiger partial charge is 0.109 e. The van der Waals surface area contributed by atoms with Crippen LogP contribution in [0, 0.1) is 0 Å². The Morgan fingerprint density at radius 2 is 1.15 bits per heavy atom. The maximum absolute atomic E-state index is 4.86. The van der Waals surface area contributed by atoms with Crippen LogP contribution in [0.1, 0.15) is 0 Å². The van der Waals surface area contributed by atoms with Gasteiger partial charge in [-0.3, -0.25) is 0 Å². The zero-order valence-electron chi connectivity index (χ0n) is 10.3. The molecule has 0 saturated heterocycles. The van der Waals surface area contributed by atoms with Crippen LogP contribution in [0.25, 0.3) is 42.2 Å². The fraction of sp³-hybridized carbons (Fsp3) is 0. The second-order valence-corrected chi connectivity index (χ2v) is 6.57. The average Bonchev–Trinajstić information content (AvgIpc) is 3.14. The van der Waals surface area contributed by atoms with Gasteiger partial charge in [0, 0.05) is 10.8 Å². The fourth-order valence-electron chi connectivity index (χ4n) is 2.73. The van der Waals surface area contributed by atoms with Crippen molar-refractivity contribution in [3.8, 4) is 0 Å². The number of rotatable bonds is 0. The Kier molecular flexibility index (Phi) is 2.01. The van der Waals surface area contributed by atoms with Crippen molar-refractivity contribution < 1.29 is 0 Å². The average molecular weight is 292 g/mol. The molecule has 0 N–H and O–H groups in total. The highest BCUT2D eigenvalue weighted by Gasteiger charge is 2.13. The highest BCUT2D eigenvalue weighted by Crippen LogP contribution is 2.39. The second kappa shape index (κ2) is 3.75. The van der Waals surface area contributed by atoms with Crippen LogP contribution in [0.15, 0.2) is 47.2 Å². The molecule has 0 aliphatic carbocycles. The predicted molar refractivity (Wildman–Crippen MR) is 87.8 cm³/mol. The Bertz CT molecular complexity index is 1020. The molecule has 0 atom stereocenters. The van der Waals surface area contributed by atoms with Crippen LogP contribution < -0.4 is 0 Å². The van der Waals surface area contributed by atoms with Gasteiger partial charge in [0.15, 0.2) is 0 Å². The van der Waals surface area contributed by atoms with Crippen molar-refractivity contribution in [1.82, 2.24) is 9.97 Å². The second-order valence-electron chi connectivity index (χ2n) is 4.74. The summed E-state index contributed by atoms with van der Waals surface area (Å²) in [4.78, 5) is 9.72. The third kappa shape index (κ3) is 1.27. The quantitative estimate of drug-likeness (QED) is 0.366. The highest BCUT2D eigenvalue weighted by atomic mass is 32.1. The molecule has 5 aromatic rings. The van der Waals surface area contributed by atoms with Crippen LogP contribution >= 0.6 is 22.7 Å². The van der Waals surface area contributed by atoms with E-state index in [1.807, 2.05) is 24.3 Å². The summed E-state index contributed by atoms with van der Waals surface area (Å²) >= 11 is 3.49. The number of para-hydroxylation sites is 2. The molecular weight excluding hydrogens is 284 g/mol. The SMILES string of the molecule is c1ccc2nc3c(nc2c1)c1sccc1c1ccsc13. The number of thiophene rings is 2. The third-order valence-electron chi connectivity index (χ3n) is 3.62. The lowest BCUT2D eigenvalue weighted by atomic mass is 10.1. The Balaban J connectivity index is 2.19. The predicted octanol–water partition coefficient (Wildman–Crippen LogP) is 5.21.